The first kappa shape index (κ1) is 20.2. The number of alkyl halides is 3. The van der Waals surface area contributed by atoms with Crippen LogP contribution in [0.1, 0.15) is 17.1 Å². The molecule has 2 aliphatic rings. The third kappa shape index (κ3) is 3.63. The number of imidazole rings is 1. The Morgan fingerprint density at radius 1 is 1.35 bits per heavy atom. The second-order valence-electron chi connectivity index (χ2n) is 7.72. The molecule has 3 aromatic rings. The molecule has 164 valence electrons. The van der Waals surface area contributed by atoms with Gasteiger partial charge in [0, 0.05) is 44.1 Å². The molecule has 0 aromatic carbocycles. The summed E-state index contributed by atoms with van der Waals surface area (Å²) in [5.74, 6) is 0.566. The SMILES string of the molecule is Cc1cn2c(C3=CNNC3)cnc2c(Nc2cc(CN3CC(O)(C(F)(F)F)C3)ns2)n1. The van der Waals surface area contributed by atoms with E-state index in [0.29, 0.717) is 28.7 Å². The molecule has 1 fully saturated rings. The fraction of sp³-hybridized carbons (Fsp3) is 0.389. The van der Waals surface area contributed by atoms with E-state index in [9.17, 15) is 18.3 Å². The number of anilines is 2. The molecule has 0 spiro atoms. The number of nitrogens with zero attached hydrogens (tertiary/aromatic N) is 5. The average Bonchev–Trinajstić information content (AvgIpc) is 3.39. The van der Waals surface area contributed by atoms with Crippen LogP contribution in [0.3, 0.4) is 0 Å². The molecule has 5 heterocycles. The lowest BCUT2D eigenvalue weighted by Crippen LogP contribution is -2.68. The van der Waals surface area contributed by atoms with E-state index in [1.165, 1.54) is 16.4 Å². The number of aromatic nitrogens is 4. The molecule has 0 unspecified atom stereocenters. The fourth-order valence-electron chi connectivity index (χ4n) is 3.71. The zero-order valence-electron chi connectivity index (χ0n) is 16.4. The maximum atomic E-state index is 12.8. The summed E-state index contributed by atoms with van der Waals surface area (Å²) < 4.78 is 44.6. The first-order chi connectivity index (χ1) is 14.7. The number of rotatable bonds is 5. The van der Waals surface area contributed by atoms with Crippen LogP contribution in [-0.2, 0) is 6.54 Å². The lowest BCUT2D eigenvalue weighted by molar-refractivity contribution is -0.302. The summed E-state index contributed by atoms with van der Waals surface area (Å²) in [5, 5.41) is 13.5. The van der Waals surface area contributed by atoms with Crippen molar-refractivity contribution in [1.29, 1.82) is 0 Å². The van der Waals surface area contributed by atoms with E-state index in [1.54, 1.807) is 12.3 Å². The minimum Gasteiger partial charge on any atom is -0.378 e. The molecule has 31 heavy (non-hydrogen) atoms. The number of nitrogens with one attached hydrogen (secondary N) is 3. The van der Waals surface area contributed by atoms with Gasteiger partial charge >= 0.3 is 6.18 Å². The molecule has 0 bridgehead atoms. The minimum absolute atomic E-state index is 0.231. The monoisotopic (exact) mass is 452 g/mol. The summed E-state index contributed by atoms with van der Waals surface area (Å²) in [4.78, 5) is 10.6. The number of hydrogen-bond acceptors (Lipinski definition) is 9. The normalized spacial score (nSPS) is 18.7. The van der Waals surface area contributed by atoms with E-state index in [4.69, 9.17) is 0 Å². The standard InChI is InChI=1S/C18H19F3N8OS/c1-10-6-29-13(11-3-23-24-4-11)5-22-16(29)15(25-10)26-14-2-12(27-31-14)7-28-8-17(30,9-28)18(19,20)21/h2-3,5-6,23-24,30H,4,7-9H2,1H3,(H,25,26). The second kappa shape index (κ2) is 7.15. The lowest BCUT2D eigenvalue weighted by atomic mass is 9.93. The predicted octanol–water partition coefficient (Wildman–Crippen LogP) is 1.80. The van der Waals surface area contributed by atoms with Gasteiger partial charge in [-0.25, -0.2) is 15.4 Å². The molecule has 13 heteroatoms. The van der Waals surface area contributed by atoms with Crippen molar-refractivity contribution in [2.45, 2.75) is 25.2 Å². The van der Waals surface area contributed by atoms with Crippen LogP contribution in [0.15, 0.2) is 24.7 Å². The Morgan fingerprint density at radius 2 is 2.16 bits per heavy atom. The van der Waals surface area contributed by atoms with E-state index < -0.39 is 24.9 Å². The van der Waals surface area contributed by atoms with Gasteiger partial charge in [-0.2, -0.15) is 17.5 Å². The Kier molecular flexibility index (Phi) is 4.66. The first-order valence-corrected chi connectivity index (χ1v) is 10.3. The Balaban J connectivity index is 1.32. The van der Waals surface area contributed by atoms with Crippen LogP contribution in [0.2, 0.25) is 0 Å². The number of aliphatic hydroxyl groups is 1. The zero-order chi connectivity index (χ0) is 21.8. The van der Waals surface area contributed by atoms with Crippen molar-refractivity contribution in [2.24, 2.45) is 0 Å². The summed E-state index contributed by atoms with van der Waals surface area (Å²) in [5.41, 5.74) is 7.45. The highest BCUT2D eigenvalue weighted by molar-refractivity contribution is 7.10. The molecule has 4 N–H and O–H groups in total. The third-order valence-electron chi connectivity index (χ3n) is 5.25. The summed E-state index contributed by atoms with van der Waals surface area (Å²) >= 11 is 1.19. The Bertz CT molecular complexity index is 1160. The smallest absolute Gasteiger partial charge is 0.378 e. The van der Waals surface area contributed by atoms with E-state index in [2.05, 4.69) is 30.5 Å². The van der Waals surface area contributed by atoms with Gasteiger partial charge in [-0.1, -0.05) is 0 Å². The molecule has 2 aliphatic heterocycles. The van der Waals surface area contributed by atoms with E-state index in [-0.39, 0.29) is 6.54 Å². The number of hydrogen-bond donors (Lipinski definition) is 4. The number of β-amino-alcohol motifs (C(OH)–C–C–N with tert-alkyl or cyclic N) is 1. The Labute approximate surface area is 178 Å². The quantitative estimate of drug-likeness (QED) is 0.465. The van der Waals surface area contributed by atoms with Gasteiger partial charge in [-0.15, -0.1) is 0 Å². The van der Waals surface area contributed by atoms with Gasteiger partial charge < -0.3 is 15.8 Å². The van der Waals surface area contributed by atoms with Crippen LogP contribution < -0.4 is 16.2 Å². The molecular formula is C18H19F3N8OS. The molecule has 5 rings (SSSR count). The zero-order valence-corrected chi connectivity index (χ0v) is 17.2. The van der Waals surface area contributed by atoms with Crippen LogP contribution in [0, 0.1) is 6.92 Å². The van der Waals surface area contributed by atoms with Gasteiger partial charge in [0.25, 0.3) is 0 Å². The highest BCUT2D eigenvalue weighted by Gasteiger charge is 2.60. The first-order valence-electron chi connectivity index (χ1n) is 9.48. The Hall–Kier alpha value is -2.74. The summed E-state index contributed by atoms with van der Waals surface area (Å²) in [6.45, 7) is 1.89. The molecule has 3 aromatic heterocycles. The van der Waals surface area contributed by atoms with Crippen LogP contribution in [0.25, 0.3) is 11.2 Å². The van der Waals surface area contributed by atoms with Crippen molar-refractivity contribution in [3.63, 3.8) is 0 Å². The predicted molar refractivity (Wildman–Crippen MR) is 109 cm³/mol. The van der Waals surface area contributed by atoms with Gasteiger partial charge in [0.05, 0.1) is 23.3 Å². The topological polar surface area (TPSA) is 103 Å². The van der Waals surface area contributed by atoms with Gasteiger partial charge in [0.2, 0.25) is 0 Å². The number of aryl methyl sites for hydroxylation is 1. The largest absolute Gasteiger partial charge is 0.419 e. The second-order valence-corrected chi connectivity index (χ2v) is 8.52. The van der Waals surface area contributed by atoms with Crippen molar-refractivity contribution < 1.29 is 18.3 Å². The number of fused-ring (bicyclic) bond motifs is 1. The van der Waals surface area contributed by atoms with Crippen molar-refractivity contribution >= 4 is 33.6 Å². The van der Waals surface area contributed by atoms with Crippen molar-refractivity contribution in [3.8, 4) is 0 Å². The molecule has 9 nitrogen and oxygen atoms in total. The minimum atomic E-state index is -4.62. The molecule has 0 amide bonds. The number of hydrazine groups is 1. The summed E-state index contributed by atoms with van der Waals surface area (Å²) in [7, 11) is 0. The molecular weight excluding hydrogens is 433 g/mol. The van der Waals surface area contributed by atoms with Crippen molar-refractivity contribution in [1.82, 2.24) is 34.5 Å². The maximum absolute atomic E-state index is 12.8. The third-order valence-corrected chi connectivity index (χ3v) is 6.00. The van der Waals surface area contributed by atoms with Crippen LogP contribution in [-0.4, -0.2) is 60.2 Å². The molecule has 0 radical (unpaired) electrons. The highest BCUT2D eigenvalue weighted by Crippen LogP contribution is 2.38. The van der Waals surface area contributed by atoms with Crippen molar-refractivity contribution in [3.05, 3.63) is 41.7 Å². The van der Waals surface area contributed by atoms with E-state index in [0.717, 1.165) is 17.0 Å². The molecule has 0 saturated carbocycles. The van der Waals surface area contributed by atoms with Gasteiger partial charge in [-0.3, -0.25) is 9.30 Å². The number of likely N-dealkylation sites (tertiary alicyclic amines) is 1. The molecule has 0 atom stereocenters. The average molecular weight is 452 g/mol. The molecule has 0 aliphatic carbocycles. The Morgan fingerprint density at radius 3 is 2.87 bits per heavy atom. The fourth-order valence-corrected chi connectivity index (χ4v) is 4.36. The molecule has 1 saturated heterocycles. The summed E-state index contributed by atoms with van der Waals surface area (Å²) in [6.07, 6.45) is 0.958. The van der Waals surface area contributed by atoms with Gasteiger partial charge in [0.1, 0.15) is 5.00 Å². The van der Waals surface area contributed by atoms with E-state index >= 15 is 0 Å². The van der Waals surface area contributed by atoms with Crippen LogP contribution >= 0.6 is 11.5 Å². The van der Waals surface area contributed by atoms with Crippen LogP contribution in [0.5, 0.6) is 0 Å². The van der Waals surface area contributed by atoms with Gasteiger partial charge in [0.15, 0.2) is 17.1 Å². The highest BCUT2D eigenvalue weighted by atomic mass is 32.1. The number of halogens is 3. The maximum Gasteiger partial charge on any atom is 0.419 e. The van der Waals surface area contributed by atoms with E-state index in [1.807, 2.05) is 23.7 Å². The van der Waals surface area contributed by atoms with Crippen LogP contribution in [0.4, 0.5) is 24.0 Å². The lowest BCUT2D eigenvalue weighted by Gasteiger charge is -2.46. The van der Waals surface area contributed by atoms with Gasteiger partial charge in [-0.05, 0) is 24.5 Å². The summed E-state index contributed by atoms with van der Waals surface area (Å²) in [6, 6.07) is 1.77. The van der Waals surface area contributed by atoms with Crippen molar-refractivity contribution in [2.75, 3.05) is 25.0 Å².